The van der Waals surface area contributed by atoms with Crippen molar-refractivity contribution in [1.29, 1.82) is 0 Å². The fourth-order valence-electron chi connectivity index (χ4n) is 3.24. The average molecular weight is 308 g/mol. The smallest absolute Gasteiger partial charge is 0.220 e. The number of carbonyl (C=O) groups excluding carboxylic acids is 1. The molecule has 1 aromatic rings. The van der Waals surface area contributed by atoms with Gasteiger partial charge in [0.05, 0.1) is 0 Å². The van der Waals surface area contributed by atoms with Gasteiger partial charge in [-0.1, -0.05) is 29.8 Å². The molecule has 3 rings (SSSR count). The van der Waals surface area contributed by atoms with Gasteiger partial charge in [0.15, 0.2) is 0 Å². The predicted octanol–water partition coefficient (Wildman–Crippen LogP) is 3.52. The molecular formula is C17H22ClNO2. The lowest BCUT2D eigenvalue weighted by Gasteiger charge is -2.36. The van der Waals surface area contributed by atoms with Crippen molar-refractivity contribution < 1.29 is 9.53 Å². The third-order valence-corrected chi connectivity index (χ3v) is 5.00. The Kier molecular flexibility index (Phi) is 4.81. The summed E-state index contributed by atoms with van der Waals surface area (Å²) in [4.78, 5) is 11.9. The van der Waals surface area contributed by atoms with Gasteiger partial charge in [-0.3, -0.25) is 4.79 Å². The van der Waals surface area contributed by atoms with Gasteiger partial charge < -0.3 is 10.1 Å². The van der Waals surface area contributed by atoms with Crippen LogP contribution in [-0.2, 0) is 9.53 Å². The van der Waals surface area contributed by atoms with Gasteiger partial charge in [0, 0.05) is 30.7 Å². The van der Waals surface area contributed by atoms with Gasteiger partial charge in [-0.25, -0.2) is 0 Å². The summed E-state index contributed by atoms with van der Waals surface area (Å²) in [6, 6.07) is 8.32. The Hall–Kier alpha value is -1.06. The average Bonchev–Trinajstić information content (AvgIpc) is 2.94. The molecule has 1 saturated carbocycles. The minimum absolute atomic E-state index is 0.185. The van der Waals surface area contributed by atoms with Gasteiger partial charge in [0.25, 0.3) is 0 Å². The first kappa shape index (κ1) is 14.9. The van der Waals surface area contributed by atoms with E-state index in [4.69, 9.17) is 16.3 Å². The van der Waals surface area contributed by atoms with Crippen molar-refractivity contribution in [1.82, 2.24) is 5.32 Å². The molecule has 0 unspecified atom stereocenters. The normalized spacial score (nSPS) is 28.1. The second-order valence-corrected chi connectivity index (χ2v) is 6.63. The maximum Gasteiger partial charge on any atom is 0.220 e. The lowest BCUT2D eigenvalue weighted by Crippen LogP contribution is -2.43. The summed E-state index contributed by atoms with van der Waals surface area (Å²) >= 11 is 6.21. The number of hydrogen-bond acceptors (Lipinski definition) is 2. The van der Waals surface area contributed by atoms with E-state index >= 15 is 0 Å². The van der Waals surface area contributed by atoms with Crippen molar-refractivity contribution in [2.24, 2.45) is 5.92 Å². The molecule has 1 aliphatic carbocycles. The molecule has 21 heavy (non-hydrogen) atoms. The number of rotatable bonds is 5. The van der Waals surface area contributed by atoms with E-state index in [0.29, 0.717) is 24.3 Å². The Balaban J connectivity index is 1.38. The van der Waals surface area contributed by atoms with Crippen molar-refractivity contribution >= 4 is 17.5 Å². The molecule has 0 radical (unpaired) electrons. The fraction of sp³-hybridized carbons (Fsp3) is 0.588. The molecule has 114 valence electrons. The Labute approximate surface area is 131 Å². The summed E-state index contributed by atoms with van der Waals surface area (Å²) in [6.07, 6.45) is 4.68. The molecule has 1 aromatic carbocycles. The van der Waals surface area contributed by atoms with Crippen LogP contribution in [0, 0.1) is 5.92 Å². The first-order valence-electron chi connectivity index (χ1n) is 7.84. The van der Waals surface area contributed by atoms with E-state index in [2.05, 4.69) is 11.4 Å². The molecule has 1 saturated heterocycles. The van der Waals surface area contributed by atoms with Gasteiger partial charge in [-0.15, -0.1) is 0 Å². The summed E-state index contributed by atoms with van der Waals surface area (Å²) < 4.78 is 5.33. The number of ether oxygens (including phenoxy) is 1. The highest BCUT2D eigenvalue weighted by Crippen LogP contribution is 2.39. The molecule has 2 aliphatic rings. The highest BCUT2D eigenvalue weighted by atomic mass is 35.5. The van der Waals surface area contributed by atoms with Gasteiger partial charge >= 0.3 is 0 Å². The maximum absolute atomic E-state index is 11.9. The molecule has 2 fully saturated rings. The lowest BCUT2D eigenvalue weighted by atomic mass is 9.76. The first-order chi connectivity index (χ1) is 10.2. The second-order valence-electron chi connectivity index (χ2n) is 6.22. The van der Waals surface area contributed by atoms with Crippen molar-refractivity contribution in [3.63, 3.8) is 0 Å². The number of halogens is 1. The molecule has 0 spiro atoms. The van der Waals surface area contributed by atoms with Crippen LogP contribution in [0.15, 0.2) is 24.3 Å². The standard InChI is InChI=1S/C17H22ClNO2/c18-16-4-2-1-3-15(16)13-9-14(10-13)19-17(20)6-5-12-7-8-21-11-12/h1-4,12-14H,5-11H2,(H,19,20)/t12-,13?,14?/m0/s1. The van der Waals surface area contributed by atoms with E-state index in [0.717, 1.165) is 43.9 Å². The van der Waals surface area contributed by atoms with Crippen LogP contribution in [0.5, 0.6) is 0 Å². The van der Waals surface area contributed by atoms with E-state index in [1.54, 1.807) is 0 Å². The van der Waals surface area contributed by atoms with Crippen LogP contribution in [-0.4, -0.2) is 25.2 Å². The third kappa shape index (κ3) is 3.78. The number of amides is 1. The Bertz CT molecular complexity index is 493. The van der Waals surface area contributed by atoms with Crippen LogP contribution >= 0.6 is 11.6 Å². The molecule has 1 N–H and O–H groups in total. The van der Waals surface area contributed by atoms with Crippen LogP contribution in [0.25, 0.3) is 0 Å². The van der Waals surface area contributed by atoms with Crippen LogP contribution in [0.1, 0.15) is 43.6 Å². The van der Waals surface area contributed by atoms with Crippen molar-refractivity contribution in [3.05, 3.63) is 34.9 Å². The number of nitrogens with one attached hydrogen (secondary N) is 1. The van der Waals surface area contributed by atoms with Crippen LogP contribution in [0.2, 0.25) is 5.02 Å². The maximum atomic E-state index is 11.9. The lowest BCUT2D eigenvalue weighted by molar-refractivity contribution is -0.122. The van der Waals surface area contributed by atoms with Crippen molar-refractivity contribution in [2.45, 2.75) is 44.1 Å². The zero-order valence-electron chi connectivity index (χ0n) is 12.2. The molecule has 0 aromatic heterocycles. The largest absolute Gasteiger partial charge is 0.381 e. The molecule has 0 bridgehead atoms. The second kappa shape index (κ2) is 6.80. The van der Waals surface area contributed by atoms with Gasteiger partial charge in [0.2, 0.25) is 5.91 Å². The summed E-state index contributed by atoms with van der Waals surface area (Å²) in [7, 11) is 0. The molecule has 1 atom stereocenters. The van der Waals surface area contributed by atoms with E-state index in [1.165, 1.54) is 5.56 Å². The Morgan fingerprint density at radius 1 is 1.33 bits per heavy atom. The van der Waals surface area contributed by atoms with Gasteiger partial charge in [0.1, 0.15) is 0 Å². The van der Waals surface area contributed by atoms with Crippen LogP contribution in [0.3, 0.4) is 0 Å². The minimum Gasteiger partial charge on any atom is -0.381 e. The van der Waals surface area contributed by atoms with Crippen molar-refractivity contribution in [2.75, 3.05) is 13.2 Å². The summed E-state index contributed by atoms with van der Waals surface area (Å²) in [6.45, 7) is 1.68. The summed E-state index contributed by atoms with van der Waals surface area (Å²) in [5, 5.41) is 3.98. The SMILES string of the molecule is O=C(CC[C@H]1CCOC1)NC1CC(c2ccccc2Cl)C1. The Morgan fingerprint density at radius 2 is 2.14 bits per heavy atom. The molecule has 1 heterocycles. The number of hydrogen-bond donors (Lipinski definition) is 1. The quantitative estimate of drug-likeness (QED) is 0.904. The van der Waals surface area contributed by atoms with E-state index in [9.17, 15) is 4.79 Å². The zero-order chi connectivity index (χ0) is 14.7. The zero-order valence-corrected chi connectivity index (χ0v) is 12.9. The molecule has 1 amide bonds. The molecule has 1 aliphatic heterocycles. The Morgan fingerprint density at radius 3 is 2.86 bits per heavy atom. The van der Waals surface area contributed by atoms with Gasteiger partial charge in [-0.2, -0.15) is 0 Å². The topological polar surface area (TPSA) is 38.3 Å². The van der Waals surface area contributed by atoms with E-state index in [1.807, 2.05) is 18.2 Å². The third-order valence-electron chi connectivity index (χ3n) is 4.65. The van der Waals surface area contributed by atoms with E-state index < -0.39 is 0 Å². The van der Waals surface area contributed by atoms with Crippen molar-refractivity contribution in [3.8, 4) is 0 Å². The molecular weight excluding hydrogens is 286 g/mol. The molecule has 3 nitrogen and oxygen atoms in total. The highest BCUT2D eigenvalue weighted by molar-refractivity contribution is 6.31. The predicted molar refractivity (Wildman–Crippen MR) is 83.5 cm³/mol. The van der Waals surface area contributed by atoms with Crippen LogP contribution < -0.4 is 5.32 Å². The summed E-state index contributed by atoms with van der Waals surface area (Å²) in [5.41, 5.74) is 1.22. The van der Waals surface area contributed by atoms with Gasteiger partial charge in [-0.05, 0) is 49.1 Å². The monoisotopic (exact) mass is 307 g/mol. The first-order valence-corrected chi connectivity index (χ1v) is 8.21. The van der Waals surface area contributed by atoms with Crippen LogP contribution in [0.4, 0.5) is 0 Å². The molecule has 4 heteroatoms. The summed E-state index contributed by atoms with van der Waals surface area (Å²) in [5.74, 6) is 1.25. The fourth-order valence-corrected chi connectivity index (χ4v) is 3.53. The number of carbonyl (C=O) groups is 1. The minimum atomic E-state index is 0.185. The highest BCUT2D eigenvalue weighted by Gasteiger charge is 2.32. The number of benzene rings is 1. The van der Waals surface area contributed by atoms with E-state index in [-0.39, 0.29) is 5.91 Å².